The molecule has 0 saturated heterocycles. The number of ether oxygens (including phenoxy) is 1. The lowest BCUT2D eigenvalue weighted by molar-refractivity contribution is 0.0456. The highest BCUT2D eigenvalue weighted by molar-refractivity contribution is 5.73. The number of hydrogen-bond acceptors (Lipinski definition) is 3. The van der Waals surface area contributed by atoms with Gasteiger partial charge in [0.2, 0.25) is 0 Å². The molecule has 5 nitrogen and oxygen atoms in total. The molecule has 2 amide bonds. The summed E-state index contributed by atoms with van der Waals surface area (Å²) in [6.45, 7) is 7.15. The fraction of sp³-hybridized carbons (Fsp3) is 0.938. The van der Waals surface area contributed by atoms with Crippen LogP contribution < -0.4 is 10.6 Å². The summed E-state index contributed by atoms with van der Waals surface area (Å²) in [4.78, 5) is 11.6. The maximum Gasteiger partial charge on any atom is 0.314 e. The molecule has 0 bridgehead atoms. The Balaban J connectivity index is 2.05. The van der Waals surface area contributed by atoms with Crippen LogP contribution in [0.4, 0.5) is 4.79 Å². The van der Waals surface area contributed by atoms with Crippen molar-refractivity contribution in [3.63, 3.8) is 0 Å². The molecule has 1 unspecified atom stereocenters. The van der Waals surface area contributed by atoms with Crippen molar-refractivity contribution >= 4 is 6.03 Å². The highest BCUT2D eigenvalue weighted by Crippen LogP contribution is 2.19. The molecule has 3 N–H and O–H groups in total. The van der Waals surface area contributed by atoms with E-state index in [2.05, 4.69) is 10.6 Å². The number of rotatable bonds is 6. The van der Waals surface area contributed by atoms with Crippen molar-refractivity contribution in [2.24, 2.45) is 5.41 Å². The monoisotopic (exact) mass is 300 g/mol. The van der Waals surface area contributed by atoms with Gasteiger partial charge in [-0.3, -0.25) is 0 Å². The molecule has 0 aliphatic heterocycles. The molecular weight excluding hydrogens is 268 g/mol. The first kappa shape index (κ1) is 18.2. The molecule has 1 saturated carbocycles. The van der Waals surface area contributed by atoms with Crippen LogP contribution in [0.3, 0.4) is 0 Å². The molecule has 1 aliphatic rings. The normalized spacial score (nSPS) is 18.9. The molecule has 0 aromatic carbocycles. The van der Waals surface area contributed by atoms with Crippen molar-refractivity contribution in [2.45, 2.75) is 71.5 Å². The lowest BCUT2D eigenvalue weighted by atomic mass is 9.89. The number of aliphatic hydroxyl groups excluding tert-OH is 1. The summed E-state index contributed by atoms with van der Waals surface area (Å²) in [7, 11) is 0. The molecule has 0 aromatic heterocycles. The van der Waals surface area contributed by atoms with Crippen LogP contribution in [0.1, 0.15) is 59.3 Å². The minimum atomic E-state index is -0.550. The SMILES string of the molecule is CC(C)(C)C(O)CNC(=O)NCCOC1CCCCCC1. The van der Waals surface area contributed by atoms with E-state index in [4.69, 9.17) is 4.74 Å². The van der Waals surface area contributed by atoms with Gasteiger partial charge in [0.25, 0.3) is 0 Å². The van der Waals surface area contributed by atoms with Crippen LogP contribution in [0.25, 0.3) is 0 Å². The second kappa shape index (κ2) is 9.26. The number of nitrogens with one attached hydrogen (secondary N) is 2. The molecule has 21 heavy (non-hydrogen) atoms. The predicted molar refractivity (Wildman–Crippen MR) is 84.3 cm³/mol. The zero-order chi connectivity index (χ0) is 15.7. The van der Waals surface area contributed by atoms with Gasteiger partial charge < -0.3 is 20.5 Å². The smallest absolute Gasteiger partial charge is 0.314 e. The average molecular weight is 300 g/mol. The van der Waals surface area contributed by atoms with Crippen LogP contribution in [0, 0.1) is 5.41 Å². The summed E-state index contributed by atoms with van der Waals surface area (Å²) in [5, 5.41) is 15.3. The van der Waals surface area contributed by atoms with Gasteiger partial charge in [-0.15, -0.1) is 0 Å². The summed E-state index contributed by atoms with van der Waals surface area (Å²) in [6, 6.07) is -0.247. The Labute approximate surface area is 128 Å². The van der Waals surface area contributed by atoms with Crippen LogP contribution in [0.5, 0.6) is 0 Å². The molecule has 5 heteroatoms. The predicted octanol–water partition coefficient (Wildman–Crippen LogP) is 2.43. The van der Waals surface area contributed by atoms with E-state index in [9.17, 15) is 9.90 Å². The largest absolute Gasteiger partial charge is 0.391 e. The van der Waals surface area contributed by atoms with Gasteiger partial charge in [0, 0.05) is 13.1 Å². The molecule has 0 aromatic rings. The number of hydrogen-bond donors (Lipinski definition) is 3. The number of amides is 2. The lowest BCUT2D eigenvalue weighted by Crippen LogP contribution is -2.44. The van der Waals surface area contributed by atoms with E-state index in [0.29, 0.717) is 19.3 Å². The zero-order valence-corrected chi connectivity index (χ0v) is 13.8. The Morgan fingerprint density at radius 1 is 1.19 bits per heavy atom. The van der Waals surface area contributed by atoms with Gasteiger partial charge in [0.1, 0.15) is 0 Å². The highest BCUT2D eigenvalue weighted by Gasteiger charge is 2.22. The van der Waals surface area contributed by atoms with Crippen molar-refractivity contribution in [2.75, 3.05) is 19.7 Å². The summed E-state index contributed by atoms with van der Waals surface area (Å²) in [6.07, 6.45) is 7.24. The first-order chi connectivity index (χ1) is 9.89. The number of urea groups is 1. The van der Waals surface area contributed by atoms with Crippen molar-refractivity contribution in [3.05, 3.63) is 0 Å². The van der Waals surface area contributed by atoms with E-state index < -0.39 is 6.10 Å². The topological polar surface area (TPSA) is 70.6 Å². The molecular formula is C16H32N2O3. The standard InChI is InChI=1S/C16H32N2O3/c1-16(2,3)14(19)12-18-15(20)17-10-11-21-13-8-6-4-5-7-9-13/h13-14,19H,4-12H2,1-3H3,(H2,17,18,20). The molecule has 0 heterocycles. The van der Waals surface area contributed by atoms with Crippen LogP contribution >= 0.6 is 0 Å². The van der Waals surface area contributed by atoms with E-state index in [0.717, 1.165) is 12.8 Å². The van der Waals surface area contributed by atoms with Crippen LogP contribution in [0.2, 0.25) is 0 Å². The minimum Gasteiger partial charge on any atom is -0.391 e. The van der Waals surface area contributed by atoms with Crippen molar-refractivity contribution in [3.8, 4) is 0 Å². The molecule has 0 radical (unpaired) electrons. The molecule has 124 valence electrons. The van der Waals surface area contributed by atoms with Crippen LogP contribution in [-0.4, -0.2) is 43.0 Å². The first-order valence-corrected chi connectivity index (χ1v) is 8.21. The Kier molecular flexibility index (Phi) is 8.04. The quantitative estimate of drug-likeness (QED) is 0.521. The third-order valence-corrected chi connectivity index (χ3v) is 4.00. The molecule has 0 spiro atoms. The molecule has 1 fully saturated rings. The Morgan fingerprint density at radius 2 is 1.81 bits per heavy atom. The van der Waals surface area contributed by atoms with Crippen molar-refractivity contribution in [1.29, 1.82) is 0 Å². The average Bonchev–Trinajstić information content (AvgIpc) is 2.68. The van der Waals surface area contributed by atoms with E-state index >= 15 is 0 Å². The third kappa shape index (κ3) is 8.27. The second-order valence-corrected chi connectivity index (χ2v) is 7.00. The summed E-state index contributed by atoms with van der Waals surface area (Å²) < 4.78 is 5.80. The Morgan fingerprint density at radius 3 is 2.38 bits per heavy atom. The summed E-state index contributed by atoms with van der Waals surface area (Å²) >= 11 is 0. The van der Waals surface area contributed by atoms with Gasteiger partial charge in [-0.05, 0) is 18.3 Å². The van der Waals surface area contributed by atoms with Crippen LogP contribution in [0.15, 0.2) is 0 Å². The van der Waals surface area contributed by atoms with Crippen LogP contribution in [-0.2, 0) is 4.74 Å². The van der Waals surface area contributed by atoms with Gasteiger partial charge >= 0.3 is 6.03 Å². The van der Waals surface area contributed by atoms with E-state index in [1.54, 1.807) is 0 Å². The maximum atomic E-state index is 11.6. The number of carbonyl (C=O) groups is 1. The summed E-state index contributed by atoms with van der Waals surface area (Å²) in [5.74, 6) is 0. The van der Waals surface area contributed by atoms with E-state index in [1.807, 2.05) is 20.8 Å². The van der Waals surface area contributed by atoms with E-state index in [-0.39, 0.29) is 18.0 Å². The molecule has 1 rings (SSSR count). The number of aliphatic hydroxyl groups is 1. The maximum absolute atomic E-state index is 11.6. The van der Waals surface area contributed by atoms with Gasteiger partial charge in [-0.2, -0.15) is 0 Å². The molecule has 1 aliphatic carbocycles. The van der Waals surface area contributed by atoms with Crippen molar-refractivity contribution < 1.29 is 14.6 Å². The van der Waals surface area contributed by atoms with Crippen molar-refractivity contribution in [1.82, 2.24) is 10.6 Å². The van der Waals surface area contributed by atoms with E-state index in [1.165, 1.54) is 25.7 Å². The Hall–Kier alpha value is -0.810. The van der Waals surface area contributed by atoms with Gasteiger partial charge in [0.15, 0.2) is 0 Å². The summed E-state index contributed by atoms with van der Waals surface area (Å²) in [5.41, 5.74) is -0.226. The number of carbonyl (C=O) groups excluding carboxylic acids is 1. The fourth-order valence-corrected chi connectivity index (χ4v) is 2.36. The van der Waals surface area contributed by atoms with Gasteiger partial charge in [-0.1, -0.05) is 46.5 Å². The highest BCUT2D eigenvalue weighted by atomic mass is 16.5. The molecule has 1 atom stereocenters. The Bertz CT molecular complexity index is 294. The first-order valence-electron chi connectivity index (χ1n) is 8.21. The zero-order valence-electron chi connectivity index (χ0n) is 13.8. The van der Waals surface area contributed by atoms with Gasteiger partial charge in [0.05, 0.1) is 18.8 Å². The third-order valence-electron chi connectivity index (χ3n) is 4.00. The second-order valence-electron chi connectivity index (χ2n) is 7.00. The van der Waals surface area contributed by atoms with Gasteiger partial charge in [-0.25, -0.2) is 4.79 Å². The minimum absolute atomic E-state index is 0.226. The fourth-order valence-electron chi connectivity index (χ4n) is 2.36. The lowest BCUT2D eigenvalue weighted by Gasteiger charge is -2.25.